The van der Waals surface area contributed by atoms with Crippen molar-refractivity contribution in [3.63, 3.8) is 0 Å². The third-order valence-electron chi connectivity index (χ3n) is 16.1. The van der Waals surface area contributed by atoms with Crippen molar-refractivity contribution >= 4 is 132 Å². The van der Waals surface area contributed by atoms with E-state index < -0.39 is 0 Å². The Morgan fingerprint density at radius 3 is 0.919 bits per heavy atom. The molecule has 74 heavy (non-hydrogen) atoms. The average Bonchev–Trinajstić information content (AvgIpc) is 4.18. The summed E-state index contributed by atoms with van der Waals surface area (Å²) in [5, 5.41) is 15.1. The molecule has 0 bridgehead atoms. The second-order valence-corrected chi connectivity index (χ2v) is 22.6. The van der Waals surface area contributed by atoms with Crippen molar-refractivity contribution in [1.82, 2.24) is 8.80 Å². The fourth-order valence-corrected chi connectivity index (χ4v) is 12.7. The first-order valence-corrected chi connectivity index (χ1v) is 26.1. The van der Waals surface area contributed by atoms with Crippen molar-refractivity contribution in [2.75, 3.05) is 9.80 Å². The molecule has 0 radical (unpaired) electrons. The lowest BCUT2D eigenvalue weighted by Crippen LogP contribution is -2.11. The zero-order chi connectivity index (χ0) is 49.8. The van der Waals surface area contributed by atoms with Crippen LogP contribution in [0.5, 0.6) is 0 Å². The lowest BCUT2D eigenvalue weighted by atomic mass is 9.84. The number of para-hydroxylation sites is 4. The molecule has 0 unspecified atom stereocenters. The van der Waals surface area contributed by atoms with Crippen molar-refractivity contribution in [2.45, 2.75) is 52.4 Å². The Hall–Kier alpha value is -8.86. The summed E-state index contributed by atoms with van der Waals surface area (Å²) in [6.07, 6.45) is 0. The lowest BCUT2D eigenvalue weighted by molar-refractivity contribution is 0.591. The van der Waals surface area contributed by atoms with Crippen LogP contribution in [-0.2, 0) is 10.8 Å². The molecule has 0 aliphatic heterocycles. The van der Waals surface area contributed by atoms with E-state index in [1.54, 1.807) is 0 Å². The SMILES string of the molecule is CC(C)(C)c1cc2c3cc4ccccc4c(N(c4ccccc4)c4ccccc4)c3n3c4ccc5c(c6cc(C(C)(C)C)cc7c8cc9ccccc9c(N(c9ccccc9)c9ccccc9)c8n5c76)c4c(c1)c23. The van der Waals surface area contributed by atoms with Crippen LogP contribution in [0, 0.1) is 0 Å². The van der Waals surface area contributed by atoms with E-state index in [2.05, 4.69) is 279 Å². The number of nitrogens with zero attached hydrogens (tertiary/aromatic N) is 4. The Labute approximate surface area is 430 Å². The summed E-state index contributed by atoms with van der Waals surface area (Å²) in [6.45, 7) is 14.2. The number of hydrogen-bond acceptors (Lipinski definition) is 2. The van der Waals surface area contributed by atoms with E-state index in [4.69, 9.17) is 0 Å². The summed E-state index contributed by atoms with van der Waals surface area (Å²) < 4.78 is 5.29. The van der Waals surface area contributed by atoms with Crippen LogP contribution in [0.2, 0.25) is 0 Å². The summed E-state index contributed by atoms with van der Waals surface area (Å²) in [5.74, 6) is 0. The molecule has 11 aromatic carbocycles. The fraction of sp³-hybridized carbons (Fsp3) is 0.114. The predicted molar refractivity (Wildman–Crippen MR) is 318 cm³/mol. The highest BCUT2D eigenvalue weighted by molar-refractivity contribution is 6.38. The zero-order valence-electron chi connectivity index (χ0n) is 42.6. The standard InChI is InChI=1S/C70H54N4/c1-69(2,3)45-39-55-53-37-43-23-19-21-33-51(43)65(71(47-25-11-7-12-26-47)48-27-13-8-14-28-48)67(53)73-59-35-36-60-62(61(59)57(41-45)63(55)73)58-42-46(70(4,5)6)40-56-54-38-44-24-20-22-34-52(44)66(68(54)74(60)64(56)58)72(49-29-15-9-16-30-49)50-31-17-10-18-32-50/h7-42H,1-6H3. The normalized spacial score (nSPS) is 12.7. The largest absolute Gasteiger partial charge is 0.308 e. The molecule has 4 heteroatoms. The number of aromatic nitrogens is 2. The topological polar surface area (TPSA) is 15.3 Å². The molecule has 0 saturated carbocycles. The number of rotatable bonds is 6. The lowest BCUT2D eigenvalue weighted by Gasteiger charge is -2.28. The maximum Gasteiger partial charge on any atom is 0.0789 e. The van der Waals surface area contributed by atoms with Gasteiger partial charge in [-0.15, -0.1) is 0 Å². The van der Waals surface area contributed by atoms with Gasteiger partial charge in [-0.1, -0.05) is 163 Å². The van der Waals surface area contributed by atoms with Crippen LogP contribution >= 0.6 is 0 Å². The zero-order valence-corrected chi connectivity index (χ0v) is 42.6. The van der Waals surface area contributed by atoms with Crippen LogP contribution in [-0.4, -0.2) is 8.80 Å². The van der Waals surface area contributed by atoms with Crippen LogP contribution < -0.4 is 9.80 Å². The van der Waals surface area contributed by atoms with Crippen LogP contribution in [0.3, 0.4) is 0 Å². The highest BCUT2D eigenvalue weighted by Gasteiger charge is 2.32. The number of hydrogen-bond donors (Lipinski definition) is 0. The first-order chi connectivity index (χ1) is 36.0. The molecule has 4 aromatic heterocycles. The van der Waals surface area contributed by atoms with Gasteiger partial charge in [0.05, 0.1) is 44.5 Å². The molecular formula is C70H54N4. The number of anilines is 6. The molecule has 15 aromatic rings. The fourth-order valence-electron chi connectivity index (χ4n) is 12.7. The van der Waals surface area contributed by atoms with Gasteiger partial charge < -0.3 is 18.6 Å². The maximum atomic E-state index is 2.64. The Kier molecular flexibility index (Phi) is 8.87. The van der Waals surface area contributed by atoms with Gasteiger partial charge in [0.25, 0.3) is 0 Å². The third kappa shape index (κ3) is 5.97. The minimum atomic E-state index is -0.116. The molecule has 0 N–H and O–H groups in total. The van der Waals surface area contributed by atoms with Crippen LogP contribution in [0.4, 0.5) is 34.1 Å². The molecule has 0 saturated heterocycles. The van der Waals surface area contributed by atoms with Gasteiger partial charge in [0.1, 0.15) is 0 Å². The minimum Gasteiger partial charge on any atom is -0.308 e. The molecule has 0 amide bonds. The molecule has 354 valence electrons. The first kappa shape index (κ1) is 42.8. The quantitative estimate of drug-likeness (QED) is 0.165. The van der Waals surface area contributed by atoms with E-state index >= 15 is 0 Å². The van der Waals surface area contributed by atoms with Crippen LogP contribution in [0.1, 0.15) is 52.7 Å². The third-order valence-corrected chi connectivity index (χ3v) is 16.1. The molecule has 0 aliphatic rings. The van der Waals surface area contributed by atoms with E-state index in [1.165, 1.54) is 120 Å². The monoisotopic (exact) mass is 950 g/mol. The van der Waals surface area contributed by atoms with Crippen molar-refractivity contribution in [1.29, 1.82) is 0 Å². The molecular weight excluding hydrogens is 897 g/mol. The Balaban J connectivity index is 1.19. The molecule has 0 atom stereocenters. The number of benzene rings is 11. The highest BCUT2D eigenvalue weighted by Crippen LogP contribution is 2.55. The summed E-state index contributed by atoms with van der Waals surface area (Å²) in [5.41, 5.74) is 16.6. The van der Waals surface area contributed by atoms with Gasteiger partial charge in [-0.05, 0) is 130 Å². The van der Waals surface area contributed by atoms with Gasteiger partial charge in [-0.3, -0.25) is 0 Å². The van der Waals surface area contributed by atoms with E-state index in [1.807, 2.05) is 0 Å². The molecule has 0 aliphatic carbocycles. The van der Waals surface area contributed by atoms with Crippen LogP contribution in [0.15, 0.2) is 218 Å². The Morgan fingerprint density at radius 1 is 0.284 bits per heavy atom. The molecule has 15 rings (SSSR count). The van der Waals surface area contributed by atoms with Crippen molar-refractivity contribution in [3.8, 4) is 0 Å². The summed E-state index contributed by atoms with van der Waals surface area (Å²) in [6, 6.07) is 81.6. The first-order valence-electron chi connectivity index (χ1n) is 26.1. The van der Waals surface area contributed by atoms with Crippen molar-refractivity contribution in [2.24, 2.45) is 0 Å². The van der Waals surface area contributed by atoms with E-state index in [-0.39, 0.29) is 10.8 Å². The Morgan fingerprint density at radius 2 is 0.581 bits per heavy atom. The molecule has 0 spiro atoms. The summed E-state index contributed by atoms with van der Waals surface area (Å²) in [4.78, 5) is 4.99. The predicted octanol–water partition coefficient (Wildman–Crippen LogP) is 19.8. The van der Waals surface area contributed by atoms with Crippen LogP contribution in [0.25, 0.3) is 97.7 Å². The Bertz CT molecular complexity index is 4330. The second-order valence-electron chi connectivity index (χ2n) is 22.6. The van der Waals surface area contributed by atoms with E-state index in [0.717, 1.165) is 22.7 Å². The second kappa shape index (κ2) is 15.3. The molecule has 4 heterocycles. The summed E-state index contributed by atoms with van der Waals surface area (Å²) >= 11 is 0. The van der Waals surface area contributed by atoms with Gasteiger partial charge in [-0.25, -0.2) is 0 Å². The minimum absolute atomic E-state index is 0.116. The average molecular weight is 951 g/mol. The highest BCUT2D eigenvalue weighted by atomic mass is 15.2. The van der Waals surface area contributed by atoms with E-state index in [9.17, 15) is 0 Å². The van der Waals surface area contributed by atoms with Gasteiger partial charge in [0.15, 0.2) is 0 Å². The van der Waals surface area contributed by atoms with Crippen molar-refractivity contribution in [3.05, 3.63) is 230 Å². The number of fused-ring (bicyclic) bond motifs is 15. The van der Waals surface area contributed by atoms with Gasteiger partial charge >= 0.3 is 0 Å². The van der Waals surface area contributed by atoms with Crippen molar-refractivity contribution < 1.29 is 0 Å². The van der Waals surface area contributed by atoms with E-state index in [0.29, 0.717) is 0 Å². The van der Waals surface area contributed by atoms with Gasteiger partial charge in [0.2, 0.25) is 0 Å². The smallest absolute Gasteiger partial charge is 0.0789 e. The summed E-state index contributed by atoms with van der Waals surface area (Å²) in [7, 11) is 0. The van der Waals surface area contributed by atoms with Gasteiger partial charge in [-0.2, -0.15) is 0 Å². The van der Waals surface area contributed by atoms with Gasteiger partial charge in [0, 0.05) is 76.6 Å². The maximum absolute atomic E-state index is 2.64. The molecule has 0 fully saturated rings. The molecule has 4 nitrogen and oxygen atoms in total.